The summed E-state index contributed by atoms with van der Waals surface area (Å²) in [6.45, 7) is 0. The molecule has 0 aliphatic carbocycles. The number of ether oxygens (including phenoxy) is 1. The summed E-state index contributed by atoms with van der Waals surface area (Å²) >= 11 is 6.02. The van der Waals surface area contributed by atoms with Gasteiger partial charge in [-0.2, -0.15) is 0 Å². The van der Waals surface area contributed by atoms with E-state index >= 15 is 0 Å². The van der Waals surface area contributed by atoms with Gasteiger partial charge in [0.1, 0.15) is 6.10 Å². The number of hydrogen-bond donors (Lipinski definition) is 2. The van der Waals surface area contributed by atoms with Crippen molar-refractivity contribution in [1.29, 1.82) is 0 Å². The molecule has 2 aliphatic rings. The molecule has 0 amide bonds. The zero-order valence-corrected chi connectivity index (χ0v) is 25.6. The molecule has 2 N–H and O–H groups in total. The first-order valence-corrected chi connectivity index (χ1v) is 15.0. The summed E-state index contributed by atoms with van der Waals surface area (Å²) in [6.07, 6.45) is 9.51. The molecule has 2 fully saturated rings. The van der Waals surface area contributed by atoms with Crippen molar-refractivity contribution in [3.63, 3.8) is 0 Å². The van der Waals surface area contributed by atoms with Gasteiger partial charge in [0.2, 0.25) is 0 Å². The van der Waals surface area contributed by atoms with E-state index in [-0.39, 0.29) is 12.1 Å². The second-order valence-electron chi connectivity index (χ2n) is 10.7. The third kappa shape index (κ3) is 9.86. The van der Waals surface area contributed by atoms with Gasteiger partial charge in [0, 0.05) is 42.3 Å². The van der Waals surface area contributed by atoms with E-state index in [4.69, 9.17) is 26.6 Å². The van der Waals surface area contributed by atoms with E-state index in [1.165, 1.54) is 12.8 Å². The summed E-state index contributed by atoms with van der Waals surface area (Å²) in [5.74, 6) is -2.03. The van der Waals surface area contributed by atoms with Crippen LogP contribution >= 0.6 is 11.6 Å². The number of halogens is 1. The minimum Gasteiger partial charge on any atom is -0.478 e. The van der Waals surface area contributed by atoms with Crippen LogP contribution in [0, 0.1) is 0 Å². The van der Waals surface area contributed by atoms with Crippen molar-refractivity contribution in [3.05, 3.63) is 137 Å². The van der Waals surface area contributed by atoms with Gasteiger partial charge in [-0.3, -0.25) is 4.98 Å². The molecule has 4 aromatic rings. The van der Waals surface area contributed by atoms with Gasteiger partial charge in [0.25, 0.3) is 0 Å². The normalized spacial score (nSPS) is 18.8. The highest BCUT2D eigenvalue weighted by Crippen LogP contribution is 2.36. The molecule has 3 aromatic carbocycles. The van der Waals surface area contributed by atoms with E-state index in [9.17, 15) is 14.4 Å². The maximum atomic E-state index is 13.1. The molecule has 2 aliphatic heterocycles. The Morgan fingerprint density at radius 2 is 1.24 bits per heavy atom. The Morgan fingerprint density at radius 1 is 0.756 bits per heavy atom. The molecule has 9 heteroatoms. The van der Waals surface area contributed by atoms with E-state index in [1.807, 2.05) is 30.3 Å². The molecule has 0 saturated carbocycles. The van der Waals surface area contributed by atoms with E-state index in [0.717, 1.165) is 24.0 Å². The first-order valence-electron chi connectivity index (χ1n) is 14.6. The van der Waals surface area contributed by atoms with Crippen LogP contribution in [0.25, 0.3) is 11.6 Å². The van der Waals surface area contributed by atoms with Crippen LogP contribution in [-0.2, 0) is 9.53 Å². The highest BCUT2D eigenvalue weighted by Gasteiger charge is 2.40. The van der Waals surface area contributed by atoms with Gasteiger partial charge < -0.3 is 19.8 Å². The molecule has 232 valence electrons. The number of rotatable bonds is 6. The molecular formula is C36H35ClN2O6. The molecule has 45 heavy (non-hydrogen) atoms. The van der Waals surface area contributed by atoms with Crippen LogP contribution in [0.3, 0.4) is 0 Å². The number of fused-ring (bicyclic) bond motifs is 2. The monoisotopic (exact) mass is 626 g/mol. The Hall–Kier alpha value is -4.79. The fraction of sp³-hybridized carbons (Fsp3) is 0.222. The maximum Gasteiger partial charge on any atom is 0.339 e. The number of piperidine rings is 1. The van der Waals surface area contributed by atoms with Crippen molar-refractivity contribution in [3.8, 4) is 0 Å². The number of benzene rings is 3. The number of esters is 1. The Bertz CT molecular complexity index is 1520. The third-order valence-electron chi connectivity index (χ3n) is 7.76. The van der Waals surface area contributed by atoms with Crippen LogP contribution in [0.5, 0.6) is 0 Å². The van der Waals surface area contributed by atoms with Gasteiger partial charge in [0.15, 0.2) is 0 Å². The zero-order valence-electron chi connectivity index (χ0n) is 24.8. The van der Waals surface area contributed by atoms with Crippen molar-refractivity contribution < 1.29 is 29.3 Å². The van der Waals surface area contributed by atoms with Crippen LogP contribution in [0.15, 0.2) is 109 Å². The van der Waals surface area contributed by atoms with Gasteiger partial charge in [-0.05, 0) is 85.6 Å². The van der Waals surface area contributed by atoms with Crippen molar-refractivity contribution in [1.82, 2.24) is 9.88 Å². The lowest BCUT2D eigenvalue weighted by Crippen LogP contribution is -2.43. The highest BCUT2D eigenvalue weighted by molar-refractivity contribution is 6.30. The topological polar surface area (TPSA) is 117 Å². The number of hydrogen-bond acceptors (Lipinski definition) is 6. The molecule has 2 saturated heterocycles. The number of carboxylic acids is 2. The quantitative estimate of drug-likeness (QED) is 0.170. The number of aromatic nitrogens is 1. The number of carboxylic acid groups (broad SMARTS) is 2. The fourth-order valence-corrected chi connectivity index (χ4v) is 5.48. The summed E-state index contributed by atoms with van der Waals surface area (Å²) in [5, 5.41) is 17.4. The molecule has 6 rings (SSSR count). The first kappa shape index (κ1) is 33.1. The van der Waals surface area contributed by atoms with Gasteiger partial charge in [-0.25, -0.2) is 14.4 Å². The second-order valence-corrected chi connectivity index (χ2v) is 11.2. The largest absolute Gasteiger partial charge is 0.478 e. The van der Waals surface area contributed by atoms with Crippen LogP contribution in [-0.4, -0.2) is 63.2 Å². The predicted molar refractivity (Wildman–Crippen MR) is 174 cm³/mol. The number of carbonyl (C=O) groups excluding carboxylic acids is 1. The van der Waals surface area contributed by atoms with Crippen molar-refractivity contribution in [2.75, 3.05) is 7.05 Å². The molecule has 0 radical (unpaired) electrons. The average Bonchev–Trinajstić information content (AvgIpc) is 3.25. The first-order chi connectivity index (χ1) is 21.7. The fourth-order valence-electron chi connectivity index (χ4n) is 5.35. The number of aromatic carboxylic acids is 2. The SMILES string of the molecule is CN1C2CCC1CC(OC(=O)/C(=C\c1ccncc1)c1ccc(Cl)cc1)C2.O=C(O)c1ccccc1.O=C(O)c1ccccc1. The average molecular weight is 627 g/mol. The summed E-state index contributed by atoms with van der Waals surface area (Å²) in [5.41, 5.74) is 2.92. The number of nitrogens with zero attached hydrogens (tertiary/aromatic N) is 2. The lowest BCUT2D eigenvalue weighted by Gasteiger charge is -2.35. The van der Waals surface area contributed by atoms with Crippen LogP contribution < -0.4 is 0 Å². The molecule has 0 spiro atoms. The van der Waals surface area contributed by atoms with E-state index < -0.39 is 11.9 Å². The highest BCUT2D eigenvalue weighted by atomic mass is 35.5. The predicted octanol–water partition coefficient (Wildman–Crippen LogP) is 7.21. The summed E-state index contributed by atoms with van der Waals surface area (Å²) in [4.78, 5) is 39.9. The molecule has 1 aromatic heterocycles. The third-order valence-corrected chi connectivity index (χ3v) is 8.01. The molecule has 3 heterocycles. The van der Waals surface area contributed by atoms with Crippen LogP contribution in [0.1, 0.15) is 57.5 Å². The summed E-state index contributed by atoms with van der Waals surface area (Å²) in [7, 11) is 2.18. The minimum atomic E-state index is -0.879. The molecule has 2 atom stereocenters. The lowest BCUT2D eigenvalue weighted by molar-refractivity contribution is -0.145. The van der Waals surface area contributed by atoms with Gasteiger partial charge >= 0.3 is 17.9 Å². The molecule has 8 nitrogen and oxygen atoms in total. The Balaban J connectivity index is 0.000000208. The van der Waals surface area contributed by atoms with Crippen LogP contribution in [0.4, 0.5) is 0 Å². The molecular weight excluding hydrogens is 592 g/mol. The summed E-state index contributed by atoms with van der Waals surface area (Å²) < 4.78 is 5.96. The van der Waals surface area contributed by atoms with E-state index in [2.05, 4.69) is 16.9 Å². The second kappa shape index (κ2) is 16.3. The Labute approximate surface area is 267 Å². The van der Waals surface area contributed by atoms with Crippen molar-refractivity contribution >= 4 is 41.2 Å². The van der Waals surface area contributed by atoms with Crippen molar-refractivity contribution in [2.45, 2.75) is 43.9 Å². The van der Waals surface area contributed by atoms with E-state index in [1.54, 1.807) is 85.2 Å². The molecule has 2 unspecified atom stereocenters. The van der Waals surface area contributed by atoms with Gasteiger partial charge in [-0.1, -0.05) is 60.1 Å². The summed E-state index contributed by atoms with van der Waals surface area (Å²) in [6, 6.07) is 28.7. The Morgan fingerprint density at radius 3 is 1.69 bits per heavy atom. The maximum absolute atomic E-state index is 13.1. The lowest BCUT2D eigenvalue weighted by atomic mass is 9.99. The zero-order chi connectivity index (χ0) is 32.2. The standard InChI is InChI=1S/C22H23ClN2O2.2C7H6O2/c1-25-18-6-7-19(25)14-20(13-18)27-22(26)21(12-15-8-10-24-11-9-15)16-2-4-17(23)5-3-16;2*8-7(9)6-4-2-1-3-5-6/h2-5,8-12,18-20H,6-7,13-14H2,1H3;2*1-5H,(H,8,9)/b21-12-;;. The van der Waals surface area contributed by atoms with Gasteiger partial charge in [-0.15, -0.1) is 0 Å². The smallest absolute Gasteiger partial charge is 0.339 e. The van der Waals surface area contributed by atoms with E-state index in [0.29, 0.717) is 33.8 Å². The molecule has 2 bridgehead atoms. The van der Waals surface area contributed by atoms with Crippen molar-refractivity contribution in [2.24, 2.45) is 0 Å². The van der Waals surface area contributed by atoms with Gasteiger partial charge in [0.05, 0.1) is 16.7 Å². The number of carbonyl (C=O) groups is 3. The van der Waals surface area contributed by atoms with Crippen LogP contribution in [0.2, 0.25) is 5.02 Å². The number of pyridine rings is 1. The Kier molecular flexibility index (Phi) is 12.0. The minimum absolute atomic E-state index is 0.0145.